The van der Waals surface area contributed by atoms with Crippen molar-refractivity contribution in [2.75, 3.05) is 0 Å². The van der Waals surface area contributed by atoms with Crippen LogP contribution in [0.4, 0.5) is 0 Å². The largest absolute Gasteiger partial charge is 0.464 e. The number of benzene rings is 1. The maximum atomic E-state index is 12.7. The fourth-order valence-corrected chi connectivity index (χ4v) is 2.44. The second kappa shape index (κ2) is 5.41. The molecule has 0 saturated heterocycles. The molecule has 22 heavy (non-hydrogen) atoms. The molecule has 0 unspecified atom stereocenters. The van der Waals surface area contributed by atoms with Gasteiger partial charge in [-0.15, -0.1) is 0 Å². The number of aryl methyl sites for hydroxylation is 2. The predicted octanol–water partition coefficient (Wildman–Crippen LogP) is 3.33. The Balaban J connectivity index is 2.07. The number of ketones is 1. The molecule has 5 nitrogen and oxygen atoms in total. The Morgan fingerprint density at radius 1 is 1.23 bits per heavy atom. The van der Waals surface area contributed by atoms with Crippen molar-refractivity contribution in [1.82, 2.24) is 9.97 Å². The van der Waals surface area contributed by atoms with E-state index in [1.54, 1.807) is 18.2 Å². The lowest BCUT2D eigenvalue weighted by Gasteiger charge is -2.07. The van der Waals surface area contributed by atoms with Gasteiger partial charge in [-0.1, -0.05) is 18.2 Å². The normalized spacial score (nSPS) is 12.0. The van der Waals surface area contributed by atoms with Gasteiger partial charge in [-0.25, -0.2) is 9.97 Å². The smallest absolute Gasteiger partial charge is 0.191 e. The molecule has 2 heterocycles. The summed E-state index contributed by atoms with van der Waals surface area (Å²) in [6.45, 7) is 3.62. The molecule has 0 fully saturated rings. The third kappa shape index (κ3) is 2.35. The maximum absolute atomic E-state index is 12.7. The van der Waals surface area contributed by atoms with Crippen molar-refractivity contribution < 1.29 is 9.21 Å². The maximum Gasteiger partial charge on any atom is 0.191 e. The number of fused-ring (bicyclic) bond motifs is 1. The summed E-state index contributed by atoms with van der Waals surface area (Å²) in [5, 5.41) is 10.1. The fourth-order valence-electron chi connectivity index (χ4n) is 2.44. The number of para-hydroxylation sites is 1. The predicted molar refractivity (Wildman–Crippen MR) is 80.4 cm³/mol. The van der Waals surface area contributed by atoms with Crippen molar-refractivity contribution in [1.29, 1.82) is 5.26 Å². The van der Waals surface area contributed by atoms with Crippen LogP contribution in [0.3, 0.4) is 0 Å². The average molecular weight is 291 g/mol. The highest BCUT2D eigenvalue weighted by Crippen LogP contribution is 2.26. The second-order valence-corrected chi connectivity index (χ2v) is 5.08. The zero-order chi connectivity index (χ0) is 15.7. The molecular formula is C17H13N3O2. The quantitative estimate of drug-likeness (QED) is 0.691. The lowest BCUT2D eigenvalue weighted by molar-refractivity contribution is 0.0977. The van der Waals surface area contributed by atoms with Gasteiger partial charge in [0.15, 0.2) is 17.5 Å². The molecule has 1 atom stereocenters. The molecule has 1 aromatic carbocycles. The number of carbonyl (C=O) groups excluding carboxylic acids is 1. The van der Waals surface area contributed by atoms with Gasteiger partial charge in [0.05, 0.1) is 11.6 Å². The Bertz CT molecular complexity index is 885. The van der Waals surface area contributed by atoms with E-state index >= 15 is 0 Å². The van der Waals surface area contributed by atoms with Gasteiger partial charge in [0.1, 0.15) is 11.8 Å². The molecule has 0 radical (unpaired) electrons. The van der Waals surface area contributed by atoms with Crippen molar-refractivity contribution in [3.63, 3.8) is 0 Å². The number of hydrogen-bond acceptors (Lipinski definition) is 5. The summed E-state index contributed by atoms with van der Waals surface area (Å²) in [7, 11) is 0. The second-order valence-electron chi connectivity index (χ2n) is 5.08. The minimum Gasteiger partial charge on any atom is -0.464 e. The zero-order valence-electron chi connectivity index (χ0n) is 12.2. The number of hydrogen-bond donors (Lipinski definition) is 0. The molecule has 3 rings (SSSR count). The van der Waals surface area contributed by atoms with Crippen LogP contribution in [-0.2, 0) is 0 Å². The topological polar surface area (TPSA) is 79.8 Å². The molecule has 0 aliphatic rings. The van der Waals surface area contributed by atoms with Crippen LogP contribution in [0.1, 0.15) is 33.5 Å². The van der Waals surface area contributed by atoms with Crippen LogP contribution in [0.5, 0.6) is 0 Å². The molecule has 0 amide bonds. The molecule has 3 aromatic rings. The average Bonchev–Trinajstić information content (AvgIpc) is 2.90. The Hall–Kier alpha value is -3.00. The van der Waals surface area contributed by atoms with Gasteiger partial charge in [-0.2, -0.15) is 5.26 Å². The van der Waals surface area contributed by atoms with Crippen molar-refractivity contribution in [2.24, 2.45) is 0 Å². The highest BCUT2D eigenvalue weighted by Gasteiger charge is 2.27. The van der Waals surface area contributed by atoms with Crippen LogP contribution < -0.4 is 0 Å². The van der Waals surface area contributed by atoms with Gasteiger partial charge in [-0.05, 0) is 26.0 Å². The number of rotatable bonds is 3. The molecular weight excluding hydrogens is 278 g/mol. The zero-order valence-corrected chi connectivity index (χ0v) is 12.2. The fraction of sp³-hybridized carbons (Fsp3) is 0.176. The third-order valence-electron chi connectivity index (χ3n) is 3.40. The van der Waals surface area contributed by atoms with Gasteiger partial charge >= 0.3 is 0 Å². The van der Waals surface area contributed by atoms with E-state index in [2.05, 4.69) is 9.97 Å². The van der Waals surface area contributed by atoms with E-state index in [9.17, 15) is 10.1 Å². The molecule has 2 aromatic heterocycles. The van der Waals surface area contributed by atoms with E-state index in [0.717, 1.165) is 11.4 Å². The monoisotopic (exact) mass is 291 g/mol. The summed E-state index contributed by atoms with van der Waals surface area (Å²) in [6.07, 6.45) is 1.39. The van der Waals surface area contributed by atoms with E-state index < -0.39 is 5.92 Å². The first-order valence-corrected chi connectivity index (χ1v) is 6.82. The summed E-state index contributed by atoms with van der Waals surface area (Å²) in [4.78, 5) is 21.2. The van der Waals surface area contributed by atoms with E-state index in [-0.39, 0.29) is 11.6 Å². The molecule has 0 bridgehead atoms. The standard InChI is InChI=1S/C17H13N3O2/c1-10-7-11(2)20-17(19-10)13(8-18)16(21)14-9-22-15-6-4-3-5-12(14)15/h3-7,9,13H,1-2H3/t13-/m0/s1. The Labute approximate surface area is 127 Å². The SMILES string of the molecule is Cc1cc(C)nc([C@@H](C#N)C(=O)c2coc3ccccc23)n1. The number of nitrogens with zero attached hydrogens (tertiary/aromatic N) is 3. The van der Waals surface area contributed by atoms with Gasteiger partial charge in [0, 0.05) is 16.8 Å². The van der Waals surface area contributed by atoms with Crippen molar-refractivity contribution in [2.45, 2.75) is 19.8 Å². The van der Waals surface area contributed by atoms with Crippen LogP contribution in [0.2, 0.25) is 0 Å². The number of carbonyl (C=O) groups is 1. The molecule has 0 aliphatic heterocycles. The van der Waals surface area contributed by atoms with E-state index in [4.69, 9.17) is 4.42 Å². The van der Waals surface area contributed by atoms with E-state index in [1.807, 2.05) is 32.0 Å². The number of Topliss-reactive ketones (excluding diaryl/α,β-unsaturated/α-hetero) is 1. The summed E-state index contributed by atoms with van der Waals surface area (Å²) in [6, 6.07) is 11.0. The highest BCUT2D eigenvalue weighted by atomic mass is 16.3. The molecule has 5 heteroatoms. The summed E-state index contributed by atoms with van der Waals surface area (Å²) in [5.74, 6) is -1.16. The van der Waals surface area contributed by atoms with Crippen LogP contribution in [-0.4, -0.2) is 15.8 Å². The van der Waals surface area contributed by atoms with Crippen LogP contribution in [0.15, 0.2) is 41.0 Å². The Kier molecular flexibility index (Phi) is 3.43. The first-order chi connectivity index (χ1) is 10.6. The first-order valence-electron chi connectivity index (χ1n) is 6.82. The lowest BCUT2D eigenvalue weighted by atomic mass is 9.97. The van der Waals surface area contributed by atoms with Crippen molar-refractivity contribution in [3.8, 4) is 6.07 Å². The number of furan rings is 1. The van der Waals surface area contributed by atoms with Crippen LogP contribution in [0, 0.1) is 25.2 Å². The molecule has 108 valence electrons. The number of aromatic nitrogens is 2. The summed E-state index contributed by atoms with van der Waals surface area (Å²) >= 11 is 0. The van der Waals surface area contributed by atoms with Crippen LogP contribution in [0.25, 0.3) is 11.0 Å². The van der Waals surface area contributed by atoms with Crippen molar-refractivity contribution in [3.05, 3.63) is 59.4 Å². The van der Waals surface area contributed by atoms with Crippen LogP contribution >= 0.6 is 0 Å². The summed E-state index contributed by atoms with van der Waals surface area (Å²) in [5.41, 5.74) is 2.45. The van der Waals surface area contributed by atoms with Gasteiger partial charge in [-0.3, -0.25) is 4.79 Å². The Morgan fingerprint density at radius 3 is 2.59 bits per heavy atom. The highest BCUT2D eigenvalue weighted by molar-refractivity contribution is 6.10. The van der Waals surface area contributed by atoms with Gasteiger partial charge in [0.25, 0.3) is 0 Å². The molecule has 0 saturated carbocycles. The molecule has 0 spiro atoms. The first kappa shape index (κ1) is 14.0. The lowest BCUT2D eigenvalue weighted by Crippen LogP contribution is -2.15. The van der Waals surface area contributed by atoms with Crippen molar-refractivity contribution >= 4 is 16.8 Å². The number of nitriles is 1. The molecule has 0 N–H and O–H groups in total. The summed E-state index contributed by atoms with van der Waals surface area (Å²) < 4.78 is 5.38. The van der Waals surface area contributed by atoms with Gasteiger partial charge in [0.2, 0.25) is 0 Å². The van der Waals surface area contributed by atoms with E-state index in [0.29, 0.717) is 16.5 Å². The van der Waals surface area contributed by atoms with Gasteiger partial charge < -0.3 is 4.42 Å². The molecule has 0 aliphatic carbocycles. The minimum atomic E-state index is -1.04. The minimum absolute atomic E-state index is 0.232. The Morgan fingerprint density at radius 2 is 1.91 bits per heavy atom. The van der Waals surface area contributed by atoms with E-state index in [1.165, 1.54) is 6.26 Å². The third-order valence-corrected chi connectivity index (χ3v) is 3.40.